The van der Waals surface area contributed by atoms with Crippen LogP contribution in [-0.2, 0) is 44.7 Å². The standard InChI is InChI=1S/C32H54N2O9Si2/c1-32(2,3)43-28(36)18-15-25(34-31(39)42-23-24-13-11-10-12-14-24)29(37)33-26(30(38)41-20-22-45(7,8)9)16-17-27(35)40-19-21-44(4,5)6/h10-14,25-26H,15-23H2,1-9H3,(H,33,37)(H,34,39). The van der Waals surface area contributed by atoms with Gasteiger partial charge in [0, 0.05) is 29.0 Å². The molecule has 0 aliphatic rings. The molecule has 45 heavy (non-hydrogen) atoms. The second kappa shape index (κ2) is 18.7. The number of alkyl carbamates (subject to hydrolysis) is 1. The van der Waals surface area contributed by atoms with Gasteiger partial charge in [0.15, 0.2) is 0 Å². The van der Waals surface area contributed by atoms with Crippen molar-refractivity contribution in [3.63, 3.8) is 0 Å². The third-order valence-corrected chi connectivity index (χ3v) is 9.74. The zero-order chi connectivity index (χ0) is 34.3. The van der Waals surface area contributed by atoms with Gasteiger partial charge in [0.25, 0.3) is 0 Å². The van der Waals surface area contributed by atoms with Crippen molar-refractivity contribution in [2.75, 3.05) is 13.2 Å². The first kappa shape index (κ1) is 39.8. The Bertz CT molecular complexity index is 1110. The maximum atomic E-state index is 13.5. The molecule has 0 aliphatic heterocycles. The fraction of sp³-hybridized carbons (Fsp3) is 0.656. The number of carbonyl (C=O) groups excluding carboxylic acids is 5. The molecule has 254 valence electrons. The Morgan fingerprint density at radius 1 is 0.711 bits per heavy atom. The van der Waals surface area contributed by atoms with E-state index in [0.717, 1.165) is 17.7 Å². The first-order chi connectivity index (χ1) is 20.7. The smallest absolute Gasteiger partial charge is 0.408 e. The molecule has 0 spiro atoms. The minimum atomic E-state index is -1.51. The summed E-state index contributed by atoms with van der Waals surface area (Å²) in [6.07, 6.45) is -1.33. The minimum Gasteiger partial charge on any atom is -0.466 e. The molecule has 1 aromatic rings. The van der Waals surface area contributed by atoms with Crippen molar-refractivity contribution in [1.29, 1.82) is 0 Å². The van der Waals surface area contributed by atoms with Gasteiger partial charge in [0.2, 0.25) is 5.91 Å². The quantitative estimate of drug-likeness (QED) is 0.119. The summed E-state index contributed by atoms with van der Waals surface area (Å²) in [6.45, 7) is 18.6. The lowest BCUT2D eigenvalue weighted by Crippen LogP contribution is -2.52. The number of rotatable bonds is 18. The number of carbonyl (C=O) groups is 5. The predicted molar refractivity (Wildman–Crippen MR) is 178 cm³/mol. The summed E-state index contributed by atoms with van der Waals surface area (Å²) in [4.78, 5) is 64.1. The van der Waals surface area contributed by atoms with Gasteiger partial charge in [-0.3, -0.25) is 14.4 Å². The Hall–Kier alpha value is -3.20. The molecule has 0 saturated carbocycles. The minimum absolute atomic E-state index is 0.0288. The van der Waals surface area contributed by atoms with E-state index in [2.05, 4.69) is 49.9 Å². The summed E-state index contributed by atoms with van der Waals surface area (Å²) in [5.41, 5.74) is 0.0194. The van der Waals surface area contributed by atoms with Crippen LogP contribution in [0.3, 0.4) is 0 Å². The van der Waals surface area contributed by atoms with Crippen LogP contribution >= 0.6 is 0 Å². The van der Waals surface area contributed by atoms with Crippen LogP contribution in [0.4, 0.5) is 4.79 Å². The molecule has 1 rings (SSSR count). The highest BCUT2D eigenvalue weighted by Crippen LogP contribution is 2.13. The van der Waals surface area contributed by atoms with E-state index in [9.17, 15) is 24.0 Å². The highest BCUT2D eigenvalue weighted by atomic mass is 28.3. The first-order valence-electron chi connectivity index (χ1n) is 15.6. The molecule has 11 nitrogen and oxygen atoms in total. The monoisotopic (exact) mass is 666 g/mol. The summed E-state index contributed by atoms with van der Waals surface area (Å²) >= 11 is 0. The Morgan fingerprint density at radius 2 is 1.24 bits per heavy atom. The average Bonchev–Trinajstić information content (AvgIpc) is 2.90. The molecule has 2 amide bonds. The van der Waals surface area contributed by atoms with Crippen molar-refractivity contribution in [2.24, 2.45) is 0 Å². The van der Waals surface area contributed by atoms with E-state index in [0.29, 0.717) is 6.61 Å². The molecule has 0 saturated heterocycles. The molecule has 0 heterocycles. The van der Waals surface area contributed by atoms with Crippen LogP contribution in [0.25, 0.3) is 0 Å². The Labute approximate surface area is 270 Å². The van der Waals surface area contributed by atoms with Gasteiger partial charge >= 0.3 is 24.0 Å². The fourth-order valence-corrected chi connectivity index (χ4v) is 5.14. The lowest BCUT2D eigenvalue weighted by molar-refractivity contribution is -0.155. The third-order valence-electron chi connectivity index (χ3n) is 6.33. The third kappa shape index (κ3) is 20.5. The van der Waals surface area contributed by atoms with Crippen LogP contribution in [0.1, 0.15) is 52.0 Å². The van der Waals surface area contributed by atoms with Crippen LogP contribution in [0.2, 0.25) is 51.4 Å². The van der Waals surface area contributed by atoms with Crippen molar-refractivity contribution in [2.45, 2.75) is 122 Å². The lowest BCUT2D eigenvalue weighted by atomic mass is 10.1. The topological polar surface area (TPSA) is 146 Å². The number of benzene rings is 1. The van der Waals surface area contributed by atoms with Crippen LogP contribution < -0.4 is 10.6 Å². The Morgan fingerprint density at radius 3 is 1.80 bits per heavy atom. The van der Waals surface area contributed by atoms with Gasteiger partial charge in [-0.2, -0.15) is 0 Å². The summed E-state index contributed by atoms with van der Waals surface area (Å²) in [7, 11) is -2.91. The summed E-state index contributed by atoms with van der Waals surface area (Å²) < 4.78 is 21.5. The number of hydrogen-bond donors (Lipinski definition) is 2. The van der Waals surface area contributed by atoms with Gasteiger partial charge in [-0.1, -0.05) is 69.6 Å². The van der Waals surface area contributed by atoms with Gasteiger partial charge in [0.05, 0.1) is 13.2 Å². The summed E-state index contributed by atoms with van der Waals surface area (Å²) in [5, 5.41) is 5.13. The number of nitrogens with one attached hydrogen (secondary N) is 2. The SMILES string of the molecule is CC(C)(C)OC(=O)CCC(NC(=O)OCc1ccccc1)C(=O)NC(CCC(=O)OCC[Si](C)(C)C)C(=O)OCC[Si](C)(C)C. The fourth-order valence-electron chi connectivity index (χ4n) is 3.72. The van der Waals surface area contributed by atoms with Crippen LogP contribution in [0, 0.1) is 0 Å². The number of amides is 2. The van der Waals surface area contributed by atoms with Gasteiger partial charge < -0.3 is 29.6 Å². The van der Waals surface area contributed by atoms with E-state index >= 15 is 0 Å². The molecule has 1 aromatic carbocycles. The number of hydrogen-bond acceptors (Lipinski definition) is 9. The second-order valence-corrected chi connectivity index (χ2v) is 25.7. The van der Waals surface area contributed by atoms with Crippen LogP contribution in [-0.4, -0.2) is 77.0 Å². The van der Waals surface area contributed by atoms with Gasteiger partial charge in [0.1, 0.15) is 24.3 Å². The van der Waals surface area contributed by atoms with Crippen molar-refractivity contribution in [3.8, 4) is 0 Å². The van der Waals surface area contributed by atoms with E-state index < -0.39 is 63.7 Å². The zero-order valence-electron chi connectivity index (χ0n) is 28.6. The molecule has 2 N–H and O–H groups in total. The summed E-state index contributed by atoms with van der Waals surface area (Å²) in [6, 6.07) is 8.14. The molecular formula is C32H54N2O9Si2. The molecule has 13 heteroatoms. The average molecular weight is 667 g/mol. The van der Waals surface area contributed by atoms with Crippen molar-refractivity contribution < 1.29 is 42.9 Å². The van der Waals surface area contributed by atoms with Crippen molar-refractivity contribution in [3.05, 3.63) is 35.9 Å². The normalized spacial score (nSPS) is 13.2. The van der Waals surface area contributed by atoms with E-state index in [4.69, 9.17) is 18.9 Å². The highest BCUT2D eigenvalue weighted by Gasteiger charge is 2.30. The van der Waals surface area contributed by atoms with Gasteiger partial charge in [-0.15, -0.1) is 0 Å². The second-order valence-electron chi connectivity index (χ2n) is 14.5. The molecule has 2 atom stereocenters. The van der Waals surface area contributed by atoms with Crippen LogP contribution in [0.15, 0.2) is 30.3 Å². The molecule has 0 aliphatic carbocycles. The number of esters is 3. The van der Waals surface area contributed by atoms with E-state index in [1.54, 1.807) is 45.0 Å². The predicted octanol–water partition coefficient (Wildman–Crippen LogP) is 5.43. The molecule has 0 aromatic heterocycles. The Balaban J connectivity index is 3.01. The molecular weight excluding hydrogens is 613 g/mol. The van der Waals surface area contributed by atoms with Gasteiger partial charge in [-0.05, 0) is 51.3 Å². The maximum Gasteiger partial charge on any atom is 0.408 e. The maximum absolute atomic E-state index is 13.5. The van der Waals surface area contributed by atoms with Crippen LogP contribution in [0.5, 0.6) is 0 Å². The lowest BCUT2D eigenvalue weighted by Gasteiger charge is -2.24. The summed E-state index contributed by atoms with van der Waals surface area (Å²) in [5.74, 6) is -2.45. The van der Waals surface area contributed by atoms with Crippen molar-refractivity contribution in [1.82, 2.24) is 10.6 Å². The molecule has 2 unspecified atom stereocenters. The van der Waals surface area contributed by atoms with Gasteiger partial charge in [-0.25, -0.2) is 9.59 Å². The van der Waals surface area contributed by atoms with Crippen molar-refractivity contribution >= 4 is 46.1 Å². The molecule has 0 radical (unpaired) electrons. The van der Waals surface area contributed by atoms with E-state index in [1.165, 1.54) is 0 Å². The first-order valence-corrected chi connectivity index (χ1v) is 23.0. The number of ether oxygens (including phenoxy) is 4. The largest absolute Gasteiger partial charge is 0.466 e. The molecule has 0 bridgehead atoms. The van der Waals surface area contributed by atoms with E-state index in [-0.39, 0.29) is 38.9 Å². The van der Waals surface area contributed by atoms with E-state index in [1.807, 2.05) is 6.07 Å². The zero-order valence-corrected chi connectivity index (χ0v) is 30.6. The Kier molecular flexibility index (Phi) is 16.5. The molecule has 0 fully saturated rings. The highest BCUT2D eigenvalue weighted by molar-refractivity contribution is 6.76.